The molecule has 1 N–H and O–H groups in total. The summed E-state index contributed by atoms with van der Waals surface area (Å²) in [6, 6.07) is 0. The van der Waals surface area contributed by atoms with Crippen molar-refractivity contribution in [3.05, 3.63) is 0 Å². The Morgan fingerprint density at radius 2 is 1.85 bits per heavy atom. The summed E-state index contributed by atoms with van der Waals surface area (Å²) in [4.78, 5) is 2.57. The Balaban J connectivity index is 1.95. The molecule has 0 unspecified atom stereocenters. The minimum absolute atomic E-state index is 0.832. The first kappa shape index (κ1) is 10.7. The molecule has 1 heterocycles. The van der Waals surface area contributed by atoms with Crippen molar-refractivity contribution in [1.82, 2.24) is 4.90 Å². The van der Waals surface area contributed by atoms with E-state index in [9.17, 15) is 0 Å². The number of unbranched alkanes of at least 4 members (excludes halogenated alkanes) is 1. The van der Waals surface area contributed by atoms with Gasteiger partial charge in [-0.2, -0.15) is 0 Å². The van der Waals surface area contributed by atoms with E-state index in [2.05, 4.69) is 4.90 Å². The monoisotopic (exact) mass is 182 g/mol. The van der Waals surface area contributed by atoms with E-state index in [0.717, 1.165) is 12.1 Å². The lowest BCUT2D eigenvalue weighted by molar-refractivity contribution is 0.225. The van der Waals surface area contributed by atoms with Gasteiger partial charge < -0.3 is 10.3 Å². The van der Waals surface area contributed by atoms with E-state index < -0.39 is 0 Å². The Morgan fingerprint density at radius 1 is 1.15 bits per heavy atom. The van der Waals surface area contributed by atoms with E-state index in [1.165, 1.54) is 51.7 Å². The second kappa shape index (κ2) is 6.14. The lowest BCUT2D eigenvalue weighted by atomic mass is 10.1. The number of piperidine rings is 1. The molecule has 0 atom stereocenters. The van der Waals surface area contributed by atoms with Gasteiger partial charge in [0.2, 0.25) is 0 Å². The molecule has 0 aromatic heterocycles. The molecule has 0 amide bonds. The Labute approximate surface area is 81.8 Å². The zero-order valence-corrected chi connectivity index (χ0v) is 8.81. The fraction of sp³-hybridized carbons (Fsp3) is 0.909. The fourth-order valence-corrected chi connectivity index (χ4v) is 1.91. The van der Waals surface area contributed by atoms with Gasteiger partial charge in [-0.05, 0) is 58.7 Å². The average molecular weight is 182 g/mol. The molecule has 0 spiro atoms. The van der Waals surface area contributed by atoms with Gasteiger partial charge in [0, 0.05) is 5.71 Å². The van der Waals surface area contributed by atoms with Crippen LogP contribution in [-0.2, 0) is 0 Å². The van der Waals surface area contributed by atoms with Gasteiger partial charge in [0.15, 0.2) is 0 Å². The fourth-order valence-electron chi connectivity index (χ4n) is 1.91. The van der Waals surface area contributed by atoms with Gasteiger partial charge in [-0.3, -0.25) is 0 Å². The molecule has 0 aliphatic carbocycles. The van der Waals surface area contributed by atoms with Gasteiger partial charge in [-0.1, -0.05) is 6.42 Å². The van der Waals surface area contributed by atoms with Gasteiger partial charge in [-0.25, -0.2) is 0 Å². The lowest BCUT2D eigenvalue weighted by Crippen LogP contribution is -2.30. The summed E-state index contributed by atoms with van der Waals surface area (Å²) in [5.74, 6) is 0. The SMILES string of the molecule is CC(=N)CCCCN1CCCCC1. The quantitative estimate of drug-likeness (QED) is 0.513. The van der Waals surface area contributed by atoms with Crippen LogP contribution >= 0.6 is 0 Å². The van der Waals surface area contributed by atoms with Crippen LogP contribution in [0.25, 0.3) is 0 Å². The van der Waals surface area contributed by atoms with E-state index >= 15 is 0 Å². The Morgan fingerprint density at radius 3 is 2.46 bits per heavy atom. The van der Waals surface area contributed by atoms with Gasteiger partial charge in [0.05, 0.1) is 0 Å². The van der Waals surface area contributed by atoms with E-state index in [1.54, 1.807) is 0 Å². The van der Waals surface area contributed by atoms with Gasteiger partial charge in [0.25, 0.3) is 0 Å². The summed E-state index contributed by atoms with van der Waals surface area (Å²) >= 11 is 0. The summed E-state index contributed by atoms with van der Waals surface area (Å²) in [7, 11) is 0. The molecule has 0 aromatic carbocycles. The third-order valence-electron chi connectivity index (χ3n) is 2.72. The number of rotatable bonds is 5. The molecular formula is C11H22N2. The van der Waals surface area contributed by atoms with E-state index in [-0.39, 0.29) is 0 Å². The summed E-state index contributed by atoms with van der Waals surface area (Å²) in [5.41, 5.74) is 0.832. The van der Waals surface area contributed by atoms with Gasteiger partial charge in [0.1, 0.15) is 0 Å². The number of hydrogen-bond acceptors (Lipinski definition) is 2. The minimum Gasteiger partial charge on any atom is -0.310 e. The molecular weight excluding hydrogens is 160 g/mol. The number of nitrogens with zero attached hydrogens (tertiary/aromatic N) is 1. The van der Waals surface area contributed by atoms with Crippen LogP contribution in [0.4, 0.5) is 0 Å². The van der Waals surface area contributed by atoms with Crippen molar-refractivity contribution >= 4 is 5.71 Å². The van der Waals surface area contributed by atoms with E-state index in [1.807, 2.05) is 6.92 Å². The summed E-state index contributed by atoms with van der Waals surface area (Å²) in [6.07, 6.45) is 7.68. The first-order chi connectivity index (χ1) is 6.29. The summed E-state index contributed by atoms with van der Waals surface area (Å²) in [6.45, 7) is 5.78. The molecule has 0 saturated carbocycles. The molecule has 1 fully saturated rings. The molecule has 0 bridgehead atoms. The van der Waals surface area contributed by atoms with Crippen LogP contribution in [0.15, 0.2) is 0 Å². The van der Waals surface area contributed by atoms with Crippen molar-refractivity contribution in [1.29, 1.82) is 5.41 Å². The van der Waals surface area contributed by atoms with Crippen LogP contribution in [0.5, 0.6) is 0 Å². The molecule has 2 heteroatoms. The molecule has 0 aromatic rings. The first-order valence-electron chi connectivity index (χ1n) is 5.55. The maximum absolute atomic E-state index is 7.30. The summed E-state index contributed by atoms with van der Waals surface area (Å²) < 4.78 is 0. The normalized spacial score (nSPS) is 18.8. The van der Waals surface area contributed by atoms with Crippen molar-refractivity contribution in [2.24, 2.45) is 0 Å². The van der Waals surface area contributed by atoms with Crippen LogP contribution in [0, 0.1) is 5.41 Å². The maximum Gasteiger partial charge on any atom is 0.00582 e. The standard InChI is InChI=1S/C11H22N2/c1-11(12)7-3-6-10-13-8-4-2-5-9-13/h12H,2-10H2,1H3. The topological polar surface area (TPSA) is 27.1 Å². The zero-order valence-electron chi connectivity index (χ0n) is 8.81. The molecule has 13 heavy (non-hydrogen) atoms. The Bertz CT molecular complexity index is 148. The van der Waals surface area contributed by atoms with Gasteiger partial charge >= 0.3 is 0 Å². The highest BCUT2D eigenvalue weighted by Crippen LogP contribution is 2.09. The highest BCUT2D eigenvalue weighted by atomic mass is 15.1. The molecule has 76 valence electrons. The van der Waals surface area contributed by atoms with Crippen molar-refractivity contribution in [2.75, 3.05) is 19.6 Å². The smallest absolute Gasteiger partial charge is 0.00582 e. The Hall–Kier alpha value is -0.370. The van der Waals surface area contributed by atoms with Crippen LogP contribution in [0.2, 0.25) is 0 Å². The molecule has 1 saturated heterocycles. The molecule has 2 nitrogen and oxygen atoms in total. The van der Waals surface area contributed by atoms with Crippen molar-refractivity contribution in [3.63, 3.8) is 0 Å². The molecule has 0 radical (unpaired) electrons. The Kier molecular flexibility index (Phi) is 5.06. The van der Waals surface area contributed by atoms with Crippen LogP contribution in [-0.4, -0.2) is 30.2 Å². The average Bonchev–Trinajstić information content (AvgIpc) is 2.14. The second-order valence-corrected chi connectivity index (χ2v) is 4.14. The number of nitrogens with one attached hydrogen (secondary N) is 1. The molecule has 1 rings (SSSR count). The van der Waals surface area contributed by atoms with Gasteiger partial charge in [-0.15, -0.1) is 0 Å². The third-order valence-corrected chi connectivity index (χ3v) is 2.72. The van der Waals surface area contributed by atoms with E-state index in [0.29, 0.717) is 0 Å². The van der Waals surface area contributed by atoms with Crippen LogP contribution in [0.3, 0.4) is 0 Å². The zero-order chi connectivity index (χ0) is 9.52. The van der Waals surface area contributed by atoms with Crippen molar-refractivity contribution < 1.29 is 0 Å². The number of likely N-dealkylation sites (tertiary alicyclic amines) is 1. The first-order valence-corrected chi connectivity index (χ1v) is 5.55. The third kappa shape index (κ3) is 5.04. The second-order valence-electron chi connectivity index (χ2n) is 4.14. The minimum atomic E-state index is 0.832. The molecule has 1 aliphatic heterocycles. The van der Waals surface area contributed by atoms with Crippen LogP contribution in [0.1, 0.15) is 45.4 Å². The molecule has 1 aliphatic rings. The largest absolute Gasteiger partial charge is 0.310 e. The predicted molar refractivity (Wildman–Crippen MR) is 57.5 cm³/mol. The van der Waals surface area contributed by atoms with E-state index in [4.69, 9.17) is 5.41 Å². The maximum atomic E-state index is 7.30. The van der Waals surface area contributed by atoms with Crippen molar-refractivity contribution in [3.8, 4) is 0 Å². The highest BCUT2D eigenvalue weighted by Gasteiger charge is 2.08. The van der Waals surface area contributed by atoms with Crippen LogP contribution < -0.4 is 0 Å². The predicted octanol–water partition coefficient (Wildman–Crippen LogP) is 2.68. The highest BCUT2D eigenvalue weighted by molar-refractivity contribution is 5.78. The number of hydrogen-bond donors (Lipinski definition) is 1. The lowest BCUT2D eigenvalue weighted by Gasteiger charge is -2.26. The summed E-state index contributed by atoms with van der Waals surface area (Å²) in [5, 5.41) is 7.30. The van der Waals surface area contributed by atoms with Crippen molar-refractivity contribution in [2.45, 2.75) is 45.4 Å².